The maximum atomic E-state index is 2.54. The van der Waals surface area contributed by atoms with E-state index >= 15 is 0 Å². The van der Waals surface area contributed by atoms with Gasteiger partial charge in [-0.15, -0.1) is 0 Å². The molecule has 0 aliphatic heterocycles. The van der Waals surface area contributed by atoms with Gasteiger partial charge in [0, 0.05) is 0 Å². The summed E-state index contributed by atoms with van der Waals surface area (Å²) in [5.41, 5.74) is 10.8. The number of allylic oxidation sites excluding steroid dienone is 2. The van der Waals surface area contributed by atoms with Crippen LogP contribution in [0.3, 0.4) is 0 Å². The number of benzene rings is 6. The molecule has 0 amide bonds. The number of hydrogen-bond donors (Lipinski definition) is 0. The summed E-state index contributed by atoms with van der Waals surface area (Å²) in [5.74, 6) is 0. The van der Waals surface area contributed by atoms with Gasteiger partial charge in [0.1, 0.15) is 0 Å². The van der Waals surface area contributed by atoms with Gasteiger partial charge >= 0.3 is 0 Å². The minimum Gasteiger partial charge on any atom is -0.0807 e. The second kappa shape index (κ2) is 10.3. The van der Waals surface area contributed by atoms with Crippen LogP contribution in [0.5, 0.6) is 0 Å². The third-order valence-corrected chi connectivity index (χ3v) is 10.8. The number of fused-ring (bicyclic) bond motifs is 2. The Kier molecular flexibility index (Phi) is 6.48. The molecule has 0 spiro atoms. The summed E-state index contributed by atoms with van der Waals surface area (Å²) in [6.45, 7) is 7.48. The molecule has 0 fully saturated rings. The molecular weight excluding hydrogens is 509 g/mol. The molecule has 200 valence electrons. The van der Waals surface area contributed by atoms with Crippen molar-refractivity contribution in [3.05, 3.63) is 133 Å². The molecule has 0 N–H and O–H groups in total. The average molecular weight is 545 g/mol. The van der Waals surface area contributed by atoms with E-state index in [1.165, 1.54) is 85.3 Å². The van der Waals surface area contributed by atoms with E-state index in [1.54, 1.807) is 5.19 Å². The summed E-state index contributed by atoms with van der Waals surface area (Å²) in [4.78, 5) is 0. The van der Waals surface area contributed by atoms with Crippen LogP contribution in [0.4, 0.5) is 0 Å². The molecule has 0 bridgehead atoms. The zero-order valence-corrected chi connectivity index (χ0v) is 25.2. The van der Waals surface area contributed by atoms with Crippen LogP contribution in [0.25, 0.3) is 60.5 Å². The molecule has 0 unspecified atom stereocenters. The fraction of sp³-hybridized carbons (Fsp3) is 0.150. The van der Waals surface area contributed by atoms with Crippen molar-refractivity contribution in [2.24, 2.45) is 0 Å². The van der Waals surface area contributed by atoms with Gasteiger partial charge in [-0.25, -0.2) is 0 Å². The second-order valence-electron chi connectivity index (χ2n) is 12.4. The van der Waals surface area contributed by atoms with Crippen LogP contribution in [-0.4, -0.2) is 8.07 Å². The second-order valence-corrected chi connectivity index (χ2v) is 17.5. The lowest BCUT2D eigenvalue weighted by Crippen LogP contribution is -2.39. The van der Waals surface area contributed by atoms with Gasteiger partial charge in [0.2, 0.25) is 0 Å². The normalized spacial score (nSPS) is 13.6. The maximum Gasteiger partial charge on any atom is 0.0784 e. The summed E-state index contributed by atoms with van der Waals surface area (Å²) in [6, 6.07) is 45.2. The maximum absolute atomic E-state index is 2.54. The first-order valence-corrected chi connectivity index (χ1v) is 18.4. The summed E-state index contributed by atoms with van der Waals surface area (Å²) in [5, 5.41) is 6.86. The van der Waals surface area contributed by atoms with Crippen molar-refractivity contribution >= 4 is 40.4 Å². The van der Waals surface area contributed by atoms with Crippen LogP contribution in [0, 0.1) is 0 Å². The predicted molar refractivity (Wildman–Crippen MR) is 183 cm³/mol. The molecule has 0 radical (unpaired) electrons. The Hall–Kier alpha value is -4.20. The van der Waals surface area contributed by atoms with Crippen LogP contribution >= 0.6 is 0 Å². The smallest absolute Gasteiger partial charge is 0.0784 e. The van der Waals surface area contributed by atoms with Gasteiger partial charge in [0.25, 0.3) is 0 Å². The van der Waals surface area contributed by atoms with Crippen LogP contribution < -0.4 is 5.19 Å². The fourth-order valence-corrected chi connectivity index (χ4v) is 8.31. The van der Waals surface area contributed by atoms with E-state index in [4.69, 9.17) is 0 Å². The Bertz CT molecular complexity index is 1860. The fourth-order valence-electron chi connectivity index (χ4n) is 6.71. The third kappa shape index (κ3) is 4.65. The van der Waals surface area contributed by atoms with Gasteiger partial charge in [-0.3, -0.25) is 0 Å². The molecule has 1 aliphatic carbocycles. The molecule has 0 atom stereocenters. The van der Waals surface area contributed by atoms with Gasteiger partial charge < -0.3 is 0 Å². The topological polar surface area (TPSA) is 0 Å². The molecule has 0 nitrogen and oxygen atoms in total. The first-order chi connectivity index (χ1) is 20.0. The minimum atomic E-state index is -1.66. The standard InChI is InChI=1S/C40H36Si/c1-41(2,3)38-27-32(29-15-7-8-16-29)25-26-37(38)40-35-19-11-9-17-33(35)39(34-18-10-12-20-36(34)40)31-23-21-30(22-24-31)28-13-5-4-6-14-28/h4-6,9-15,17-27H,7-8,16H2,1-3H3. The summed E-state index contributed by atoms with van der Waals surface area (Å²) in [6.07, 6.45) is 6.14. The molecule has 0 heterocycles. The number of hydrogen-bond acceptors (Lipinski definition) is 0. The molecule has 0 aromatic heterocycles. The van der Waals surface area contributed by atoms with Crippen molar-refractivity contribution < 1.29 is 0 Å². The predicted octanol–water partition coefficient (Wildman–Crippen LogP) is 11.1. The van der Waals surface area contributed by atoms with Crippen molar-refractivity contribution in [2.75, 3.05) is 0 Å². The summed E-state index contributed by atoms with van der Waals surface area (Å²) in [7, 11) is -1.66. The van der Waals surface area contributed by atoms with Crippen molar-refractivity contribution in [3.8, 4) is 33.4 Å². The van der Waals surface area contributed by atoms with Gasteiger partial charge in [0.05, 0.1) is 8.07 Å². The van der Waals surface area contributed by atoms with Crippen molar-refractivity contribution in [3.63, 3.8) is 0 Å². The average Bonchev–Trinajstić information content (AvgIpc) is 3.55. The van der Waals surface area contributed by atoms with Crippen LogP contribution in [0.15, 0.2) is 127 Å². The van der Waals surface area contributed by atoms with Crippen molar-refractivity contribution in [1.29, 1.82) is 0 Å². The first kappa shape index (κ1) is 25.7. The molecule has 41 heavy (non-hydrogen) atoms. The Balaban J connectivity index is 1.49. The van der Waals surface area contributed by atoms with E-state index in [2.05, 4.69) is 147 Å². The highest BCUT2D eigenvalue weighted by atomic mass is 28.3. The third-order valence-electron chi connectivity index (χ3n) is 8.72. The van der Waals surface area contributed by atoms with E-state index in [0.29, 0.717) is 0 Å². The van der Waals surface area contributed by atoms with E-state index < -0.39 is 8.07 Å². The van der Waals surface area contributed by atoms with Crippen LogP contribution in [0.2, 0.25) is 19.6 Å². The van der Waals surface area contributed by atoms with E-state index in [1.807, 2.05) is 0 Å². The lowest BCUT2D eigenvalue weighted by atomic mass is 9.85. The Morgan fingerprint density at radius 1 is 0.488 bits per heavy atom. The summed E-state index contributed by atoms with van der Waals surface area (Å²) < 4.78 is 0. The van der Waals surface area contributed by atoms with Gasteiger partial charge in [0.15, 0.2) is 0 Å². The lowest BCUT2D eigenvalue weighted by Gasteiger charge is -2.25. The Labute approximate surface area is 245 Å². The quantitative estimate of drug-likeness (QED) is 0.150. The molecule has 0 saturated heterocycles. The first-order valence-electron chi connectivity index (χ1n) is 14.9. The lowest BCUT2D eigenvalue weighted by molar-refractivity contribution is 0.935. The van der Waals surface area contributed by atoms with E-state index in [-0.39, 0.29) is 0 Å². The molecular formula is C40H36Si. The Morgan fingerprint density at radius 3 is 1.56 bits per heavy atom. The highest BCUT2D eigenvalue weighted by Gasteiger charge is 2.25. The SMILES string of the molecule is C[Si](C)(C)c1cc(C2=CCCC2)ccc1-c1c2ccccc2c(-c2ccc(-c3ccccc3)cc2)c2ccccc12. The summed E-state index contributed by atoms with van der Waals surface area (Å²) >= 11 is 0. The van der Waals surface area contributed by atoms with Crippen molar-refractivity contribution in [2.45, 2.75) is 38.9 Å². The van der Waals surface area contributed by atoms with Crippen LogP contribution in [0.1, 0.15) is 24.8 Å². The van der Waals surface area contributed by atoms with E-state index in [0.717, 1.165) is 0 Å². The highest BCUT2D eigenvalue weighted by molar-refractivity contribution is 6.89. The zero-order valence-electron chi connectivity index (χ0n) is 24.2. The molecule has 7 rings (SSSR count). The van der Waals surface area contributed by atoms with Gasteiger partial charge in [-0.1, -0.05) is 152 Å². The Morgan fingerprint density at radius 2 is 1.00 bits per heavy atom. The highest BCUT2D eigenvalue weighted by Crippen LogP contribution is 2.44. The minimum absolute atomic E-state index is 1.20. The number of rotatable bonds is 5. The molecule has 6 aromatic rings. The monoisotopic (exact) mass is 544 g/mol. The van der Waals surface area contributed by atoms with Crippen LogP contribution in [-0.2, 0) is 0 Å². The van der Waals surface area contributed by atoms with Gasteiger partial charge in [-0.05, 0) is 85.3 Å². The molecule has 1 heteroatoms. The largest absolute Gasteiger partial charge is 0.0807 e. The zero-order chi connectivity index (χ0) is 28.0. The molecule has 1 aliphatic rings. The molecule has 0 saturated carbocycles. The molecule has 6 aromatic carbocycles. The van der Waals surface area contributed by atoms with Crippen molar-refractivity contribution in [1.82, 2.24) is 0 Å². The van der Waals surface area contributed by atoms with Gasteiger partial charge in [-0.2, -0.15) is 0 Å². The van der Waals surface area contributed by atoms with E-state index in [9.17, 15) is 0 Å².